The highest BCUT2D eigenvalue weighted by Crippen LogP contribution is 2.41. The standard InChI is InChI=1S/C14H29PS/c1-4-15-16-14-10-8-6-5-7-9-13(11-14)12(2)3/h12-15H,4-11H2,1-3H3. The largest absolute Gasteiger partial charge is 0.134 e. The maximum Gasteiger partial charge on any atom is 0.00887 e. The summed E-state index contributed by atoms with van der Waals surface area (Å²) in [5, 5.41) is 0.976. The third-order valence-electron chi connectivity index (χ3n) is 3.75. The minimum atomic E-state index is 0.895. The fraction of sp³-hybridized carbons (Fsp3) is 1.00. The first kappa shape index (κ1) is 14.8. The molecule has 1 aliphatic carbocycles. The molecular formula is C14H29PS. The average molecular weight is 260 g/mol. The molecule has 16 heavy (non-hydrogen) atoms. The Labute approximate surface area is 108 Å². The SMILES string of the molecule is CCPSC1CCCCCCC(C(C)C)C1. The maximum atomic E-state index is 2.42. The Morgan fingerprint density at radius 2 is 1.81 bits per heavy atom. The fourth-order valence-corrected chi connectivity index (χ4v) is 5.50. The van der Waals surface area contributed by atoms with Gasteiger partial charge in [-0.2, -0.15) is 0 Å². The van der Waals surface area contributed by atoms with Crippen LogP contribution in [0.4, 0.5) is 0 Å². The van der Waals surface area contributed by atoms with Crippen molar-refractivity contribution in [1.82, 2.24) is 0 Å². The molecule has 0 saturated heterocycles. The van der Waals surface area contributed by atoms with E-state index in [0.717, 1.165) is 24.9 Å². The molecule has 1 saturated carbocycles. The molecule has 0 bridgehead atoms. The molecule has 96 valence electrons. The summed E-state index contributed by atoms with van der Waals surface area (Å²) in [6.45, 7) is 7.17. The number of rotatable bonds is 4. The highest BCUT2D eigenvalue weighted by atomic mass is 32.7. The first-order valence-corrected chi connectivity index (χ1v) is 9.93. The van der Waals surface area contributed by atoms with Gasteiger partial charge in [0.25, 0.3) is 0 Å². The molecule has 3 unspecified atom stereocenters. The van der Waals surface area contributed by atoms with Gasteiger partial charge in [-0.15, -0.1) is 11.4 Å². The van der Waals surface area contributed by atoms with E-state index in [9.17, 15) is 0 Å². The van der Waals surface area contributed by atoms with E-state index in [1.165, 1.54) is 51.1 Å². The molecule has 0 aromatic carbocycles. The van der Waals surface area contributed by atoms with Crippen LogP contribution in [0.25, 0.3) is 0 Å². The fourth-order valence-electron chi connectivity index (χ4n) is 2.62. The molecular weight excluding hydrogens is 231 g/mol. The Kier molecular flexibility index (Phi) is 8.17. The molecule has 0 N–H and O–H groups in total. The van der Waals surface area contributed by atoms with Crippen LogP contribution in [0.3, 0.4) is 0 Å². The van der Waals surface area contributed by atoms with Crippen molar-refractivity contribution in [3.8, 4) is 0 Å². The number of hydrogen-bond donors (Lipinski definition) is 0. The van der Waals surface area contributed by atoms with Crippen LogP contribution in [-0.2, 0) is 0 Å². The van der Waals surface area contributed by atoms with Gasteiger partial charge in [0.05, 0.1) is 0 Å². The molecule has 0 aliphatic heterocycles. The summed E-state index contributed by atoms with van der Waals surface area (Å²) in [5.41, 5.74) is 0. The van der Waals surface area contributed by atoms with Crippen molar-refractivity contribution in [3.05, 3.63) is 0 Å². The highest BCUT2D eigenvalue weighted by molar-refractivity contribution is 8.49. The van der Waals surface area contributed by atoms with Crippen LogP contribution in [0.15, 0.2) is 0 Å². The molecule has 0 heterocycles. The topological polar surface area (TPSA) is 0 Å². The van der Waals surface area contributed by atoms with Gasteiger partial charge < -0.3 is 0 Å². The molecule has 0 amide bonds. The summed E-state index contributed by atoms with van der Waals surface area (Å²) in [7, 11) is 1.14. The minimum Gasteiger partial charge on any atom is -0.134 e. The maximum absolute atomic E-state index is 2.42. The summed E-state index contributed by atoms with van der Waals surface area (Å²) in [5.74, 6) is 1.89. The lowest BCUT2D eigenvalue weighted by atomic mass is 9.87. The van der Waals surface area contributed by atoms with E-state index in [4.69, 9.17) is 0 Å². The monoisotopic (exact) mass is 260 g/mol. The smallest absolute Gasteiger partial charge is 0.00887 e. The van der Waals surface area contributed by atoms with Crippen LogP contribution in [0, 0.1) is 11.8 Å². The lowest BCUT2D eigenvalue weighted by molar-refractivity contribution is 0.328. The third-order valence-corrected chi connectivity index (χ3v) is 7.34. The normalized spacial score (nSPS) is 29.2. The van der Waals surface area contributed by atoms with E-state index in [1.807, 2.05) is 0 Å². The molecule has 3 atom stereocenters. The van der Waals surface area contributed by atoms with E-state index >= 15 is 0 Å². The second kappa shape index (κ2) is 8.81. The van der Waals surface area contributed by atoms with Crippen molar-refractivity contribution in [3.63, 3.8) is 0 Å². The van der Waals surface area contributed by atoms with Crippen LogP contribution in [0.1, 0.15) is 65.7 Å². The van der Waals surface area contributed by atoms with Gasteiger partial charge in [0, 0.05) is 5.25 Å². The van der Waals surface area contributed by atoms with Gasteiger partial charge in [-0.1, -0.05) is 60.7 Å². The van der Waals surface area contributed by atoms with E-state index in [-0.39, 0.29) is 0 Å². The summed E-state index contributed by atoms with van der Waals surface area (Å²) in [6.07, 6.45) is 11.8. The van der Waals surface area contributed by atoms with Gasteiger partial charge in [-0.25, -0.2) is 0 Å². The van der Waals surface area contributed by atoms with E-state index in [0.29, 0.717) is 0 Å². The lowest BCUT2D eigenvalue weighted by Gasteiger charge is -2.25. The quantitative estimate of drug-likeness (QED) is 0.583. The minimum absolute atomic E-state index is 0.895. The second-order valence-electron chi connectivity index (χ2n) is 5.47. The summed E-state index contributed by atoms with van der Waals surface area (Å²) < 4.78 is 0. The van der Waals surface area contributed by atoms with Crippen LogP contribution in [0.5, 0.6) is 0 Å². The van der Waals surface area contributed by atoms with Crippen LogP contribution in [0.2, 0.25) is 0 Å². The Hall–Kier alpha value is 0.780. The first-order valence-electron chi connectivity index (χ1n) is 7.12. The molecule has 1 fully saturated rings. The van der Waals surface area contributed by atoms with Gasteiger partial charge in [-0.3, -0.25) is 0 Å². The molecule has 0 nitrogen and oxygen atoms in total. The lowest BCUT2D eigenvalue weighted by Crippen LogP contribution is -2.15. The van der Waals surface area contributed by atoms with Gasteiger partial charge >= 0.3 is 0 Å². The number of hydrogen-bond acceptors (Lipinski definition) is 1. The molecule has 0 radical (unpaired) electrons. The van der Waals surface area contributed by atoms with Gasteiger partial charge in [0.1, 0.15) is 0 Å². The zero-order chi connectivity index (χ0) is 11.8. The van der Waals surface area contributed by atoms with Gasteiger partial charge in [-0.05, 0) is 30.8 Å². The van der Waals surface area contributed by atoms with Crippen molar-refractivity contribution < 1.29 is 0 Å². The van der Waals surface area contributed by atoms with Crippen molar-refractivity contribution in [2.24, 2.45) is 11.8 Å². The first-order chi connectivity index (χ1) is 7.74. The van der Waals surface area contributed by atoms with Crippen LogP contribution in [-0.4, -0.2) is 11.4 Å². The van der Waals surface area contributed by atoms with Crippen molar-refractivity contribution in [1.29, 1.82) is 0 Å². The van der Waals surface area contributed by atoms with Crippen LogP contribution < -0.4 is 0 Å². The van der Waals surface area contributed by atoms with Crippen molar-refractivity contribution in [2.45, 2.75) is 71.0 Å². The summed E-state index contributed by atoms with van der Waals surface area (Å²) >= 11 is 2.28. The Bertz CT molecular complexity index is 170. The molecule has 0 spiro atoms. The Balaban J connectivity index is 2.44. The Morgan fingerprint density at radius 1 is 1.12 bits per heavy atom. The van der Waals surface area contributed by atoms with E-state index < -0.39 is 0 Å². The highest BCUT2D eigenvalue weighted by Gasteiger charge is 2.20. The molecule has 0 aromatic heterocycles. The molecule has 2 heteroatoms. The van der Waals surface area contributed by atoms with Crippen molar-refractivity contribution >= 4 is 19.2 Å². The Morgan fingerprint density at radius 3 is 2.44 bits per heavy atom. The predicted molar refractivity (Wildman–Crippen MR) is 80.9 cm³/mol. The van der Waals surface area contributed by atoms with E-state index in [1.54, 1.807) is 0 Å². The molecule has 1 aliphatic rings. The van der Waals surface area contributed by atoms with Crippen LogP contribution >= 0.6 is 19.2 Å². The molecule has 1 rings (SSSR count). The van der Waals surface area contributed by atoms with E-state index in [2.05, 4.69) is 32.2 Å². The average Bonchev–Trinajstić information content (AvgIpc) is 2.37. The predicted octanol–water partition coefficient (Wildman–Crippen LogP) is 5.72. The molecule has 0 aromatic rings. The second-order valence-corrected chi connectivity index (χ2v) is 8.94. The third kappa shape index (κ3) is 5.92. The van der Waals surface area contributed by atoms with Gasteiger partial charge in [0.2, 0.25) is 0 Å². The van der Waals surface area contributed by atoms with Crippen molar-refractivity contribution in [2.75, 3.05) is 6.16 Å². The summed E-state index contributed by atoms with van der Waals surface area (Å²) in [4.78, 5) is 0. The zero-order valence-corrected chi connectivity index (χ0v) is 13.1. The summed E-state index contributed by atoms with van der Waals surface area (Å²) in [6, 6.07) is 0. The van der Waals surface area contributed by atoms with Gasteiger partial charge in [0.15, 0.2) is 0 Å². The zero-order valence-electron chi connectivity index (χ0n) is 11.3.